The lowest BCUT2D eigenvalue weighted by molar-refractivity contribution is -0.126. The van der Waals surface area contributed by atoms with Crippen molar-refractivity contribution in [2.45, 2.75) is 39.2 Å². The summed E-state index contributed by atoms with van der Waals surface area (Å²) < 4.78 is 7.48. The lowest BCUT2D eigenvalue weighted by Crippen LogP contribution is -2.43. The van der Waals surface area contributed by atoms with Gasteiger partial charge in [-0.3, -0.25) is 9.59 Å². The van der Waals surface area contributed by atoms with Crippen molar-refractivity contribution in [3.8, 4) is 5.75 Å². The molecule has 1 fully saturated rings. The number of ether oxygens (including phenoxy) is 1. The van der Waals surface area contributed by atoms with Crippen molar-refractivity contribution >= 4 is 33.4 Å². The van der Waals surface area contributed by atoms with Crippen LogP contribution in [-0.2, 0) is 11.3 Å². The van der Waals surface area contributed by atoms with Crippen LogP contribution in [0.5, 0.6) is 5.75 Å². The van der Waals surface area contributed by atoms with Gasteiger partial charge in [-0.15, -0.1) is 11.3 Å². The quantitative estimate of drug-likeness (QED) is 0.510. The number of methoxy groups -OCH3 is 1. The van der Waals surface area contributed by atoms with E-state index < -0.39 is 0 Å². The first-order valence-electron chi connectivity index (χ1n) is 11.4. The Bertz CT molecular complexity index is 1080. The van der Waals surface area contributed by atoms with Crippen LogP contribution in [-0.4, -0.2) is 48.0 Å². The molecule has 32 heavy (non-hydrogen) atoms. The van der Waals surface area contributed by atoms with Crippen LogP contribution in [0.25, 0.3) is 10.2 Å². The number of carbonyl (C=O) groups excluding carboxylic acids is 2. The van der Waals surface area contributed by atoms with Crippen molar-refractivity contribution in [3.05, 3.63) is 53.0 Å². The van der Waals surface area contributed by atoms with Crippen LogP contribution >= 0.6 is 11.3 Å². The van der Waals surface area contributed by atoms with E-state index >= 15 is 0 Å². The zero-order chi connectivity index (χ0) is 22.5. The average molecular weight is 454 g/mol. The summed E-state index contributed by atoms with van der Waals surface area (Å²) in [5.41, 5.74) is 1.80. The van der Waals surface area contributed by atoms with Gasteiger partial charge in [0, 0.05) is 37.5 Å². The molecular weight excluding hydrogens is 422 g/mol. The first-order chi connectivity index (χ1) is 15.6. The highest BCUT2D eigenvalue weighted by molar-refractivity contribution is 7.16. The van der Waals surface area contributed by atoms with E-state index in [1.807, 2.05) is 29.2 Å². The fourth-order valence-corrected chi connectivity index (χ4v) is 5.20. The van der Waals surface area contributed by atoms with Crippen LogP contribution in [0.4, 0.5) is 0 Å². The van der Waals surface area contributed by atoms with Gasteiger partial charge in [-0.2, -0.15) is 0 Å². The molecule has 1 aliphatic heterocycles. The number of hydrogen-bond acceptors (Lipinski definition) is 4. The van der Waals surface area contributed by atoms with E-state index in [0.717, 1.165) is 40.9 Å². The molecule has 0 aliphatic carbocycles. The number of rotatable bonds is 8. The highest BCUT2D eigenvalue weighted by atomic mass is 32.1. The summed E-state index contributed by atoms with van der Waals surface area (Å²) in [6, 6.07) is 12.0. The summed E-state index contributed by atoms with van der Waals surface area (Å²) in [5.74, 6) is 0.987. The zero-order valence-electron chi connectivity index (χ0n) is 18.8. The summed E-state index contributed by atoms with van der Waals surface area (Å²) in [5, 5.41) is 6.18. The molecule has 0 bridgehead atoms. The fourth-order valence-electron chi connectivity index (χ4n) is 4.30. The molecular formula is C25H31N3O3S. The van der Waals surface area contributed by atoms with Gasteiger partial charge < -0.3 is 19.5 Å². The topological polar surface area (TPSA) is 63.6 Å². The largest absolute Gasteiger partial charge is 0.497 e. The Balaban J connectivity index is 1.48. The monoisotopic (exact) mass is 453 g/mol. The van der Waals surface area contributed by atoms with Crippen LogP contribution in [0.15, 0.2) is 41.8 Å². The molecule has 1 N–H and O–H groups in total. The van der Waals surface area contributed by atoms with Gasteiger partial charge in [-0.25, -0.2) is 0 Å². The molecule has 0 radical (unpaired) electrons. The molecule has 0 saturated carbocycles. The van der Waals surface area contributed by atoms with Gasteiger partial charge in [0.1, 0.15) is 16.3 Å². The van der Waals surface area contributed by atoms with Gasteiger partial charge in [0.05, 0.1) is 7.11 Å². The molecule has 1 aromatic carbocycles. The Labute approximate surface area is 193 Å². The number of piperidine rings is 1. The number of benzene rings is 1. The minimum absolute atomic E-state index is 0.00275. The summed E-state index contributed by atoms with van der Waals surface area (Å²) >= 11 is 1.65. The lowest BCUT2D eigenvalue weighted by atomic mass is 9.95. The van der Waals surface area contributed by atoms with Crippen LogP contribution < -0.4 is 10.1 Å². The standard InChI is InChI=1S/C25H31N3O3S/c1-3-4-11-26-23(29)19-8-12-27(13-9-19)24(30)22-16-20-10-14-32-25(20)28(22)17-18-6-5-7-21(15-18)31-2/h5-7,10,14-16,19H,3-4,8-9,11-13,17H2,1-2H3,(H,26,29). The predicted molar refractivity (Wildman–Crippen MR) is 128 cm³/mol. The molecule has 0 atom stereocenters. The number of aromatic nitrogens is 1. The smallest absolute Gasteiger partial charge is 0.270 e. The molecule has 3 heterocycles. The number of nitrogens with zero attached hydrogens (tertiary/aromatic N) is 2. The minimum Gasteiger partial charge on any atom is -0.497 e. The Morgan fingerprint density at radius 1 is 1.19 bits per heavy atom. The normalized spacial score (nSPS) is 14.6. The van der Waals surface area contributed by atoms with Crippen LogP contribution in [0.2, 0.25) is 0 Å². The Hall–Kier alpha value is -2.80. The van der Waals surface area contributed by atoms with Gasteiger partial charge >= 0.3 is 0 Å². The molecule has 4 rings (SSSR count). The van der Waals surface area contributed by atoms with Crippen molar-refractivity contribution in [1.82, 2.24) is 14.8 Å². The zero-order valence-corrected chi connectivity index (χ0v) is 19.6. The van der Waals surface area contributed by atoms with Crippen LogP contribution in [0.3, 0.4) is 0 Å². The maximum atomic E-state index is 13.5. The van der Waals surface area contributed by atoms with E-state index in [-0.39, 0.29) is 17.7 Å². The number of fused-ring (bicyclic) bond motifs is 1. The molecule has 1 saturated heterocycles. The predicted octanol–water partition coefficient (Wildman–Crippen LogP) is 4.53. The third kappa shape index (κ3) is 4.83. The molecule has 2 aromatic heterocycles. The van der Waals surface area contributed by atoms with E-state index in [1.165, 1.54) is 0 Å². The van der Waals surface area contributed by atoms with Crippen molar-refractivity contribution in [2.24, 2.45) is 5.92 Å². The first-order valence-corrected chi connectivity index (χ1v) is 12.2. The summed E-state index contributed by atoms with van der Waals surface area (Å²) in [6.45, 7) is 4.69. The maximum Gasteiger partial charge on any atom is 0.270 e. The van der Waals surface area contributed by atoms with E-state index in [4.69, 9.17) is 4.74 Å². The Kier molecular flexibility index (Phi) is 7.15. The average Bonchev–Trinajstić information content (AvgIpc) is 3.41. The summed E-state index contributed by atoms with van der Waals surface area (Å²) in [4.78, 5) is 28.9. The van der Waals surface area contributed by atoms with Crippen molar-refractivity contribution in [2.75, 3.05) is 26.7 Å². The van der Waals surface area contributed by atoms with Gasteiger partial charge in [0.15, 0.2) is 0 Å². The number of likely N-dealkylation sites (tertiary alicyclic amines) is 1. The maximum absolute atomic E-state index is 13.5. The Morgan fingerprint density at radius 3 is 2.75 bits per heavy atom. The van der Waals surface area contributed by atoms with Crippen LogP contribution in [0, 0.1) is 5.92 Å². The van der Waals surface area contributed by atoms with Crippen molar-refractivity contribution in [3.63, 3.8) is 0 Å². The van der Waals surface area contributed by atoms with Gasteiger partial charge in [-0.1, -0.05) is 25.5 Å². The van der Waals surface area contributed by atoms with Gasteiger partial charge in [0.2, 0.25) is 5.91 Å². The van der Waals surface area contributed by atoms with Gasteiger partial charge in [-0.05, 0) is 54.5 Å². The Morgan fingerprint density at radius 2 is 2.00 bits per heavy atom. The number of hydrogen-bond donors (Lipinski definition) is 1. The third-order valence-electron chi connectivity index (χ3n) is 6.18. The lowest BCUT2D eigenvalue weighted by Gasteiger charge is -2.31. The number of nitrogens with one attached hydrogen (secondary N) is 1. The second-order valence-electron chi connectivity index (χ2n) is 8.36. The number of thiophene rings is 1. The number of amides is 2. The summed E-state index contributed by atoms with van der Waals surface area (Å²) in [7, 11) is 1.66. The SMILES string of the molecule is CCCCNC(=O)C1CCN(C(=O)c2cc3ccsc3n2Cc2cccc(OC)c2)CC1. The highest BCUT2D eigenvalue weighted by Crippen LogP contribution is 2.29. The molecule has 0 unspecified atom stereocenters. The second kappa shape index (κ2) is 10.2. The fraction of sp³-hybridized carbons (Fsp3) is 0.440. The van der Waals surface area contributed by atoms with E-state index in [1.54, 1.807) is 18.4 Å². The third-order valence-corrected chi connectivity index (χ3v) is 7.13. The molecule has 1 aliphatic rings. The highest BCUT2D eigenvalue weighted by Gasteiger charge is 2.29. The minimum atomic E-state index is 0.00275. The molecule has 0 spiro atoms. The van der Waals surface area contributed by atoms with Crippen molar-refractivity contribution < 1.29 is 14.3 Å². The molecule has 3 aromatic rings. The molecule has 2 amide bonds. The number of unbranched alkanes of at least 4 members (excludes halogenated alkanes) is 1. The van der Waals surface area contributed by atoms with E-state index in [9.17, 15) is 9.59 Å². The van der Waals surface area contributed by atoms with E-state index in [2.05, 4.69) is 34.3 Å². The molecule has 6 nitrogen and oxygen atoms in total. The van der Waals surface area contributed by atoms with Gasteiger partial charge in [0.25, 0.3) is 5.91 Å². The van der Waals surface area contributed by atoms with Crippen LogP contribution in [0.1, 0.15) is 48.7 Å². The summed E-state index contributed by atoms with van der Waals surface area (Å²) in [6.07, 6.45) is 3.51. The number of carbonyl (C=O) groups is 2. The van der Waals surface area contributed by atoms with E-state index in [0.29, 0.717) is 38.2 Å². The molecule has 7 heteroatoms. The second-order valence-corrected chi connectivity index (χ2v) is 9.25. The first kappa shape index (κ1) is 22.4. The van der Waals surface area contributed by atoms with Crippen molar-refractivity contribution in [1.29, 1.82) is 0 Å². The molecule has 170 valence electrons.